The third-order valence-corrected chi connectivity index (χ3v) is 7.50. The van der Waals surface area contributed by atoms with Crippen molar-refractivity contribution in [1.82, 2.24) is 9.97 Å². The van der Waals surface area contributed by atoms with Crippen LogP contribution in [0.15, 0.2) is 71.3 Å². The highest BCUT2D eigenvalue weighted by atomic mass is 32.1. The Balaban J connectivity index is 1.51. The van der Waals surface area contributed by atoms with E-state index < -0.39 is 5.54 Å². The van der Waals surface area contributed by atoms with E-state index in [-0.39, 0.29) is 11.4 Å². The molecule has 0 bridgehead atoms. The van der Waals surface area contributed by atoms with Crippen molar-refractivity contribution in [3.8, 4) is 33.9 Å². The van der Waals surface area contributed by atoms with Crippen LogP contribution >= 0.6 is 11.3 Å². The molecule has 0 fully saturated rings. The molecule has 170 valence electrons. The van der Waals surface area contributed by atoms with Crippen molar-refractivity contribution >= 4 is 17.4 Å². The quantitative estimate of drug-likeness (QED) is 0.398. The number of amidine groups is 1. The summed E-state index contributed by atoms with van der Waals surface area (Å²) in [5.41, 5.74) is 11.1. The second kappa shape index (κ2) is 7.40. The molecular formula is C27H24N4O2S. The van der Waals surface area contributed by atoms with Crippen LogP contribution in [0.4, 0.5) is 0 Å². The molecule has 4 heterocycles. The Morgan fingerprint density at radius 1 is 0.971 bits per heavy atom. The van der Waals surface area contributed by atoms with Gasteiger partial charge in [0.05, 0.1) is 10.7 Å². The first-order valence-corrected chi connectivity index (χ1v) is 12.0. The van der Waals surface area contributed by atoms with Crippen molar-refractivity contribution in [3.05, 3.63) is 82.4 Å². The standard InChI is InChI=1S/C27H24N4O2S/c1-26(2,3)24-30-21(14-34-24)17-7-9-23-20(12-17)27(15-32-25(28)31-27)19-11-16(6-8-22(19)33-23)18-5-4-10-29-13-18/h4-14H,15H2,1-3H3,(H2,28,31)/t27-/m0/s1. The second-order valence-corrected chi connectivity index (χ2v) is 10.5. The summed E-state index contributed by atoms with van der Waals surface area (Å²) in [7, 11) is 0. The number of thiazole rings is 1. The van der Waals surface area contributed by atoms with Crippen molar-refractivity contribution in [1.29, 1.82) is 0 Å². The number of nitrogens with two attached hydrogens (primary N) is 1. The van der Waals surface area contributed by atoms with Crippen LogP contribution in [0.3, 0.4) is 0 Å². The Labute approximate surface area is 202 Å². The highest BCUT2D eigenvalue weighted by molar-refractivity contribution is 7.10. The summed E-state index contributed by atoms with van der Waals surface area (Å²) in [6.07, 6.45) is 3.62. The van der Waals surface area contributed by atoms with Gasteiger partial charge in [0.2, 0.25) is 0 Å². The van der Waals surface area contributed by atoms with E-state index in [2.05, 4.69) is 43.3 Å². The molecule has 6 rings (SSSR count). The fraction of sp³-hybridized carbons (Fsp3) is 0.222. The highest BCUT2D eigenvalue weighted by Crippen LogP contribution is 2.52. The maximum atomic E-state index is 6.34. The van der Waals surface area contributed by atoms with Crippen molar-refractivity contribution in [2.24, 2.45) is 10.7 Å². The summed E-state index contributed by atoms with van der Waals surface area (Å²) in [5, 5.41) is 3.21. The lowest BCUT2D eigenvalue weighted by Gasteiger charge is -2.34. The fourth-order valence-electron chi connectivity index (χ4n) is 4.48. The lowest BCUT2D eigenvalue weighted by molar-refractivity contribution is 0.264. The molecule has 0 unspecified atom stereocenters. The molecule has 6 nitrogen and oxygen atoms in total. The average molecular weight is 469 g/mol. The number of hydrogen-bond donors (Lipinski definition) is 1. The van der Waals surface area contributed by atoms with Gasteiger partial charge in [0.25, 0.3) is 6.02 Å². The summed E-state index contributed by atoms with van der Waals surface area (Å²) in [5.74, 6) is 1.50. The van der Waals surface area contributed by atoms with Gasteiger partial charge in [-0.2, -0.15) is 0 Å². The van der Waals surface area contributed by atoms with Crippen molar-refractivity contribution in [2.75, 3.05) is 6.61 Å². The largest absolute Gasteiger partial charge is 0.462 e. The fourth-order valence-corrected chi connectivity index (χ4v) is 5.39. The van der Waals surface area contributed by atoms with Gasteiger partial charge in [0.15, 0.2) is 5.54 Å². The molecule has 7 heteroatoms. The van der Waals surface area contributed by atoms with Crippen LogP contribution in [-0.2, 0) is 15.7 Å². The van der Waals surface area contributed by atoms with Gasteiger partial charge in [-0.25, -0.2) is 9.98 Å². The van der Waals surface area contributed by atoms with Crippen molar-refractivity contribution < 1.29 is 9.47 Å². The average Bonchev–Trinajstić information content (AvgIpc) is 3.48. The zero-order chi connectivity index (χ0) is 23.5. The molecule has 0 amide bonds. The zero-order valence-electron chi connectivity index (χ0n) is 19.2. The molecule has 0 saturated heterocycles. The third-order valence-electron chi connectivity index (χ3n) is 6.24. The molecule has 2 aromatic carbocycles. The monoisotopic (exact) mass is 468 g/mol. The Kier molecular flexibility index (Phi) is 4.54. The SMILES string of the molecule is CC(C)(C)c1nc(-c2ccc3c(c2)[C@]2(COC(N)=N2)c2cc(-c4cccnc4)ccc2O3)cs1. The zero-order valence-corrected chi connectivity index (χ0v) is 20.0. The van der Waals surface area contributed by atoms with E-state index in [9.17, 15) is 0 Å². The number of aliphatic imine (C=N–C) groups is 1. The molecule has 4 aromatic rings. The molecule has 0 saturated carbocycles. The molecule has 0 radical (unpaired) electrons. The number of fused-ring (bicyclic) bond motifs is 4. The van der Waals surface area contributed by atoms with Gasteiger partial charge in [-0.1, -0.05) is 32.9 Å². The molecule has 1 spiro atoms. The Hall–Kier alpha value is -3.71. The van der Waals surface area contributed by atoms with E-state index in [1.54, 1.807) is 17.5 Å². The minimum atomic E-state index is -0.788. The highest BCUT2D eigenvalue weighted by Gasteiger charge is 2.47. The number of ether oxygens (including phenoxy) is 2. The van der Waals surface area contributed by atoms with E-state index in [0.29, 0.717) is 6.61 Å². The Bertz CT molecular complexity index is 1440. The van der Waals surface area contributed by atoms with Crippen LogP contribution in [-0.4, -0.2) is 22.6 Å². The van der Waals surface area contributed by atoms with E-state index in [0.717, 1.165) is 50.0 Å². The topological polar surface area (TPSA) is 82.6 Å². The predicted molar refractivity (Wildman–Crippen MR) is 134 cm³/mol. The minimum absolute atomic E-state index is 0.00112. The van der Waals surface area contributed by atoms with Crippen LogP contribution < -0.4 is 10.5 Å². The van der Waals surface area contributed by atoms with E-state index >= 15 is 0 Å². The van der Waals surface area contributed by atoms with Crippen molar-refractivity contribution in [2.45, 2.75) is 31.7 Å². The molecule has 1 atom stereocenters. The number of benzene rings is 2. The van der Waals surface area contributed by atoms with Crippen LogP contribution in [0.5, 0.6) is 11.5 Å². The van der Waals surface area contributed by atoms with Crippen LogP contribution in [0.1, 0.15) is 36.9 Å². The number of aromatic nitrogens is 2. The van der Waals surface area contributed by atoms with Gasteiger partial charge in [-0.3, -0.25) is 4.98 Å². The molecule has 2 aliphatic heterocycles. The third kappa shape index (κ3) is 3.27. The molecular weight excluding hydrogens is 444 g/mol. The van der Waals surface area contributed by atoms with Gasteiger partial charge in [-0.15, -0.1) is 11.3 Å². The number of nitrogens with zero attached hydrogens (tertiary/aromatic N) is 3. The van der Waals surface area contributed by atoms with Gasteiger partial charge in [0, 0.05) is 45.4 Å². The summed E-state index contributed by atoms with van der Waals surface area (Å²) in [4.78, 5) is 14.0. The number of pyridine rings is 1. The lowest BCUT2D eigenvalue weighted by atomic mass is 9.79. The van der Waals surface area contributed by atoms with Gasteiger partial charge >= 0.3 is 0 Å². The van der Waals surface area contributed by atoms with Gasteiger partial charge < -0.3 is 15.2 Å². The van der Waals surface area contributed by atoms with Crippen molar-refractivity contribution in [3.63, 3.8) is 0 Å². The van der Waals surface area contributed by atoms with E-state index in [4.69, 9.17) is 25.2 Å². The van der Waals surface area contributed by atoms with Gasteiger partial charge in [-0.05, 0) is 42.0 Å². The molecule has 2 aromatic heterocycles. The minimum Gasteiger partial charge on any atom is -0.462 e. The first-order valence-electron chi connectivity index (χ1n) is 11.2. The molecule has 2 N–H and O–H groups in total. The number of hydrogen-bond acceptors (Lipinski definition) is 7. The Morgan fingerprint density at radius 2 is 1.71 bits per heavy atom. The summed E-state index contributed by atoms with van der Waals surface area (Å²) >= 11 is 1.68. The lowest BCUT2D eigenvalue weighted by Crippen LogP contribution is -2.31. The summed E-state index contributed by atoms with van der Waals surface area (Å²) in [6, 6.07) is 16.4. The van der Waals surface area contributed by atoms with Gasteiger partial charge in [0.1, 0.15) is 18.1 Å². The first kappa shape index (κ1) is 20.9. The molecule has 34 heavy (non-hydrogen) atoms. The molecule has 0 aliphatic carbocycles. The summed E-state index contributed by atoms with van der Waals surface area (Å²) < 4.78 is 12.1. The van der Waals surface area contributed by atoms with Crippen LogP contribution in [0.25, 0.3) is 22.4 Å². The first-order chi connectivity index (χ1) is 16.3. The number of rotatable bonds is 2. The molecule has 2 aliphatic rings. The smallest absolute Gasteiger partial charge is 0.283 e. The normalized spacial score (nSPS) is 18.6. The Morgan fingerprint density at radius 3 is 2.32 bits per heavy atom. The van der Waals surface area contributed by atoms with E-state index in [1.807, 2.05) is 42.6 Å². The van der Waals surface area contributed by atoms with Crippen LogP contribution in [0.2, 0.25) is 0 Å². The second-order valence-electron chi connectivity index (χ2n) is 9.65. The summed E-state index contributed by atoms with van der Waals surface area (Å²) in [6.45, 7) is 6.84. The maximum absolute atomic E-state index is 6.34. The van der Waals surface area contributed by atoms with Crippen LogP contribution in [0, 0.1) is 0 Å². The maximum Gasteiger partial charge on any atom is 0.283 e. The van der Waals surface area contributed by atoms with E-state index in [1.165, 1.54) is 0 Å². The predicted octanol–water partition coefficient (Wildman–Crippen LogP) is 5.86.